The van der Waals surface area contributed by atoms with Gasteiger partial charge in [0.2, 0.25) is 0 Å². The van der Waals surface area contributed by atoms with Crippen molar-refractivity contribution in [3.63, 3.8) is 0 Å². The number of methoxy groups -OCH3 is 1. The maximum atomic E-state index is 12.2. The molecule has 136 valence electrons. The summed E-state index contributed by atoms with van der Waals surface area (Å²) >= 11 is 0. The Labute approximate surface area is 143 Å². The Bertz CT molecular complexity index is 730. The average molecular weight is 353 g/mol. The molecule has 2 rings (SSSR count). The fraction of sp³-hybridized carbons (Fsp3) is 0.467. The molecule has 10 heteroatoms. The Morgan fingerprint density at radius 1 is 1.56 bits per heavy atom. The molecule has 10 nitrogen and oxygen atoms in total. The van der Waals surface area contributed by atoms with Gasteiger partial charge in [0.1, 0.15) is 18.5 Å². The van der Waals surface area contributed by atoms with Crippen LogP contribution in [0.3, 0.4) is 0 Å². The zero-order valence-corrected chi connectivity index (χ0v) is 13.8. The molecule has 3 atom stereocenters. The van der Waals surface area contributed by atoms with E-state index in [2.05, 4.69) is 16.3 Å². The van der Waals surface area contributed by atoms with Gasteiger partial charge in [-0.2, -0.15) is 4.98 Å². The van der Waals surface area contributed by atoms with Crippen molar-refractivity contribution >= 4 is 24.0 Å². The van der Waals surface area contributed by atoms with E-state index in [9.17, 15) is 14.4 Å². The van der Waals surface area contributed by atoms with Crippen LogP contribution in [-0.4, -0.2) is 47.6 Å². The molecule has 0 spiro atoms. The van der Waals surface area contributed by atoms with Crippen molar-refractivity contribution in [1.29, 1.82) is 0 Å². The molecule has 0 bridgehead atoms. The van der Waals surface area contributed by atoms with Gasteiger partial charge in [0.25, 0.3) is 0 Å². The van der Waals surface area contributed by atoms with Crippen LogP contribution in [0.5, 0.6) is 0 Å². The van der Waals surface area contributed by atoms with E-state index < -0.39 is 36.3 Å². The van der Waals surface area contributed by atoms with Crippen molar-refractivity contribution in [2.75, 3.05) is 19.5 Å². The minimum Gasteiger partial charge on any atom is -0.458 e. The van der Waals surface area contributed by atoms with Gasteiger partial charge in [0.15, 0.2) is 6.23 Å². The summed E-state index contributed by atoms with van der Waals surface area (Å²) < 4.78 is 21.3. The molecule has 0 aromatic carbocycles. The van der Waals surface area contributed by atoms with Gasteiger partial charge in [-0.25, -0.2) is 9.59 Å². The second kappa shape index (κ2) is 7.79. The number of hydrogen-bond donors (Lipinski definition) is 1. The fourth-order valence-corrected chi connectivity index (χ4v) is 2.44. The minimum atomic E-state index is -0.936. The van der Waals surface area contributed by atoms with Gasteiger partial charge in [-0.05, 0) is 0 Å². The van der Waals surface area contributed by atoms with Crippen molar-refractivity contribution < 1.29 is 28.5 Å². The van der Waals surface area contributed by atoms with Crippen LogP contribution in [0.4, 0.5) is 10.6 Å². The number of ether oxygens (including phenoxy) is 4. The van der Waals surface area contributed by atoms with Crippen LogP contribution >= 0.6 is 0 Å². The minimum absolute atomic E-state index is 0.0313. The number of nitrogens with zero attached hydrogens (tertiary/aromatic N) is 2. The second-order valence-electron chi connectivity index (χ2n) is 5.27. The fourth-order valence-electron chi connectivity index (χ4n) is 2.44. The molecule has 0 amide bonds. The van der Waals surface area contributed by atoms with Gasteiger partial charge >= 0.3 is 17.8 Å². The largest absolute Gasteiger partial charge is 0.508 e. The van der Waals surface area contributed by atoms with Crippen molar-refractivity contribution in [2.24, 2.45) is 0 Å². The summed E-state index contributed by atoms with van der Waals surface area (Å²) in [5.74, 6) is -0.502. The Morgan fingerprint density at radius 3 is 2.88 bits per heavy atom. The van der Waals surface area contributed by atoms with Gasteiger partial charge in [-0.3, -0.25) is 9.36 Å². The van der Waals surface area contributed by atoms with Crippen LogP contribution in [0.15, 0.2) is 17.6 Å². The Kier molecular flexibility index (Phi) is 5.75. The van der Waals surface area contributed by atoms with Crippen molar-refractivity contribution in [3.8, 4) is 0 Å². The highest BCUT2D eigenvalue weighted by molar-refractivity contribution is 5.66. The zero-order valence-electron chi connectivity index (χ0n) is 13.8. The van der Waals surface area contributed by atoms with Crippen molar-refractivity contribution in [3.05, 3.63) is 28.8 Å². The normalized spacial score (nSPS) is 22.2. The van der Waals surface area contributed by atoms with Crippen LogP contribution in [0.25, 0.3) is 6.08 Å². The molecule has 1 aliphatic heterocycles. The summed E-state index contributed by atoms with van der Waals surface area (Å²) in [5.41, 5.74) is 5.41. The summed E-state index contributed by atoms with van der Waals surface area (Å²) in [6, 6.07) is 0. The molecule has 1 aliphatic rings. The van der Waals surface area contributed by atoms with E-state index in [4.69, 9.17) is 19.9 Å². The predicted molar refractivity (Wildman–Crippen MR) is 85.4 cm³/mol. The molecule has 2 heterocycles. The van der Waals surface area contributed by atoms with Crippen molar-refractivity contribution in [2.45, 2.75) is 31.8 Å². The zero-order chi connectivity index (χ0) is 18.6. The number of carbonyl (C=O) groups excluding carboxylic acids is 2. The number of esters is 1. The molecule has 0 saturated carbocycles. The Morgan fingerprint density at radius 2 is 2.28 bits per heavy atom. The number of nitrogens with two attached hydrogens (primary N) is 1. The lowest BCUT2D eigenvalue weighted by Crippen LogP contribution is -2.34. The first kappa shape index (κ1) is 18.5. The molecule has 0 radical (unpaired) electrons. The molecule has 25 heavy (non-hydrogen) atoms. The summed E-state index contributed by atoms with van der Waals surface area (Å²) in [5, 5.41) is 0. The first-order valence-electron chi connectivity index (χ1n) is 7.40. The lowest BCUT2D eigenvalue weighted by molar-refractivity contribution is -0.152. The molecule has 1 aromatic rings. The van der Waals surface area contributed by atoms with E-state index in [0.717, 1.165) is 0 Å². The number of anilines is 1. The van der Waals surface area contributed by atoms with E-state index in [1.807, 2.05) is 0 Å². The summed E-state index contributed by atoms with van der Waals surface area (Å²) in [6.07, 6.45) is -0.0733. The van der Waals surface area contributed by atoms with Gasteiger partial charge < -0.3 is 24.7 Å². The molecule has 0 aliphatic carbocycles. The number of nitrogen functional groups attached to an aromatic ring is 1. The molecule has 1 aromatic heterocycles. The maximum Gasteiger partial charge on any atom is 0.508 e. The first-order valence-corrected chi connectivity index (χ1v) is 7.40. The van der Waals surface area contributed by atoms with Gasteiger partial charge in [0, 0.05) is 25.1 Å². The van der Waals surface area contributed by atoms with Crippen LogP contribution in [0, 0.1) is 0 Å². The summed E-state index contributed by atoms with van der Waals surface area (Å²) in [4.78, 5) is 38.3. The number of carbonyl (C=O) groups is 2. The van der Waals surface area contributed by atoms with Crippen LogP contribution in [0.2, 0.25) is 0 Å². The molecule has 1 saturated heterocycles. The lowest BCUT2D eigenvalue weighted by Gasteiger charge is -2.21. The van der Waals surface area contributed by atoms with Crippen molar-refractivity contribution in [1.82, 2.24) is 9.55 Å². The van der Waals surface area contributed by atoms with E-state index in [-0.39, 0.29) is 18.8 Å². The van der Waals surface area contributed by atoms with E-state index in [1.54, 1.807) is 0 Å². The monoisotopic (exact) mass is 353 g/mol. The molecular weight excluding hydrogens is 334 g/mol. The smallest absolute Gasteiger partial charge is 0.458 e. The second-order valence-corrected chi connectivity index (χ2v) is 5.27. The van der Waals surface area contributed by atoms with E-state index in [0.29, 0.717) is 5.56 Å². The van der Waals surface area contributed by atoms with Crippen LogP contribution in [0.1, 0.15) is 25.1 Å². The Hall–Kier alpha value is -2.88. The van der Waals surface area contributed by atoms with E-state index in [1.165, 1.54) is 30.9 Å². The average Bonchev–Trinajstić information content (AvgIpc) is 2.94. The number of aromatic nitrogens is 2. The van der Waals surface area contributed by atoms with Crippen LogP contribution < -0.4 is 11.4 Å². The number of rotatable bonds is 5. The number of hydrogen-bond acceptors (Lipinski definition) is 9. The highest BCUT2D eigenvalue weighted by atomic mass is 16.7. The van der Waals surface area contributed by atoms with Gasteiger partial charge in [-0.15, -0.1) is 0 Å². The maximum absolute atomic E-state index is 12.2. The van der Waals surface area contributed by atoms with Gasteiger partial charge in [0.05, 0.1) is 13.2 Å². The molecular formula is C15H19N3O7. The molecule has 0 unspecified atom stereocenters. The lowest BCUT2D eigenvalue weighted by atomic mass is 10.2. The molecule has 1 fully saturated rings. The Balaban J connectivity index is 2.26. The summed E-state index contributed by atoms with van der Waals surface area (Å²) in [6.45, 7) is 4.72. The third-order valence-corrected chi connectivity index (χ3v) is 3.52. The van der Waals surface area contributed by atoms with Gasteiger partial charge in [-0.1, -0.05) is 12.7 Å². The quantitative estimate of drug-likeness (QED) is 0.750. The highest BCUT2D eigenvalue weighted by Gasteiger charge is 2.40. The third kappa shape index (κ3) is 4.35. The SMILES string of the molecule is C=Cc1cn([C@@H]2O[C@H](COC(=O)OC)C[C@H]2OC(C)=O)c(=O)nc1N. The molecule has 2 N–H and O–H groups in total. The third-order valence-electron chi connectivity index (χ3n) is 3.52. The van der Waals surface area contributed by atoms with E-state index >= 15 is 0 Å². The predicted octanol–water partition coefficient (Wildman–Crippen LogP) is 0.471. The topological polar surface area (TPSA) is 132 Å². The first-order chi connectivity index (χ1) is 11.8. The van der Waals surface area contributed by atoms with Crippen LogP contribution in [-0.2, 0) is 23.7 Å². The highest BCUT2D eigenvalue weighted by Crippen LogP contribution is 2.31. The standard InChI is InChI=1S/C15H19N3O7/c1-4-9-6-18(14(20)17-12(9)16)13-11(24-8(2)19)5-10(25-13)7-23-15(21)22-3/h4,6,10-11,13H,1,5,7H2,2-3H3,(H2,16,17,20)/t10-,11+,13+/m0/s1. The summed E-state index contributed by atoms with van der Waals surface area (Å²) in [7, 11) is 1.18.